The Hall–Kier alpha value is -0.380. The van der Waals surface area contributed by atoms with E-state index in [4.69, 9.17) is 0 Å². The molecule has 1 aromatic carbocycles. The summed E-state index contributed by atoms with van der Waals surface area (Å²) in [6, 6.07) is 7.93. The van der Waals surface area contributed by atoms with E-state index >= 15 is 0 Å². The Bertz CT molecular complexity index is 379. The van der Waals surface area contributed by atoms with Gasteiger partial charge in [0.25, 0.3) is 0 Å². The molecule has 1 aliphatic rings. The largest absolute Gasteiger partial charge is 0.388 e. The van der Waals surface area contributed by atoms with Gasteiger partial charge in [0, 0.05) is 17.6 Å². The summed E-state index contributed by atoms with van der Waals surface area (Å²) in [6.07, 6.45) is 3.23. The zero-order valence-corrected chi connectivity index (χ0v) is 12.6. The van der Waals surface area contributed by atoms with Crippen LogP contribution in [0.1, 0.15) is 37.9 Å². The third kappa shape index (κ3) is 4.08. The second kappa shape index (κ2) is 6.69. The van der Waals surface area contributed by atoms with Crippen molar-refractivity contribution in [3.05, 3.63) is 34.3 Å². The highest BCUT2D eigenvalue weighted by molar-refractivity contribution is 9.10. The molecule has 1 atom stereocenters. The van der Waals surface area contributed by atoms with Gasteiger partial charge >= 0.3 is 0 Å². The van der Waals surface area contributed by atoms with Crippen molar-refractivity contribution < 1.29 is 5.11 Å². The highest BCUT2D eigenvalue weighted by Crippen LogP contribution is 2.30. The minimum atomic E-state index is -0.367. The van der Waals surface area contributed by atoms with E-state index in [2.05, 4.69) is 27.8 Å². The maximum atomic E-state index is 10.2. The van der Waals surface area contributed by atoms with Gasteiger partial charge in [0.1, 0.15) is 0 Å². The molecule has 100 valence electrons. The van der Waals surface area contributed by atoms with E-state index in [9.17, 15) is 5.11 Å². The quantitative estimate of drug-likeness (QED) is 0.831. The third-order valence-corrected chi connectivity index (χ3v) is 4.37. The van der Waals surface area contributed by atoms with Gasteiger partial charge in [-0.2, -0.15) is 0 Å². The lowest BCUT2D eigenvalue weighted by molar-refractivity contribution is 0.141. The second-order valence-corrected chi connectivity index (χ2v) is 6.02. The standard InChI is InChI=1S/C15H22BrNO/c1-2-17(11-12-7-8-12)10-9-15(18)13-5-3-4-6-14(13)16/h3-6,12,15,18H,2,7-11H2,1H3. The molecule has 0 aromatic heterocycles. The van der Waals surface area contributed by atoms with Crippen LogP contribution in [-0.2, 0) is 0 Å². The highest BCUT2D eigenvalue weighted by atomic mass is 79.9. The van der Waals surface area contributed by atoms with Crippen LogP contribution in [0.25, 0.3) is 0 Å². The van der Waals surface area contributed by atoms with E-state index < -0.39 is 0 Å². The average molecular weight is 312 g/mol. The Morgan fingerprint density at radius 1 is 1.39 bits per heavy atom. The summed E-state index contributed by atoms with van der Waals surface area (Å²) < 4.78 is 1.00. The number of aliphatic hydroxyl groups excluding tert-OH is 1. The molecule has 2 rings (SSSR count). The molecular weight excluding hydrogens is 290 g/mol. The second-order valence-electron chi connectivity index (χ2n) is 5.16. The third-order valence-electron chi connectivity index (χ3n) is 3.64. The molecule has 1 saturated carbocycles. The normalized spacial score (nSPS) is 17.1. The summed E-state index contributed by atoms with van der Waals surface area (Å²) in [5.41, 5.74) is 1.000. The minimum absolute atomic E-state index is 0.367. The number of halogens is 1. The molecule has 1 unspecified atom stereocenters. The van der Waals surface area contributed by atoms with Crippen LogP contribution < -0.4 is 0 Å². The lowest BCUT2D eigenvalue weighted by Gasteiger charge is -2.22. The molecule has 0 heterocycles. The molecule has 1 fully saturated rings. The first-order valence-electron chi connectivity index (χ1n) is 6.85. The zero-order chi connectivity index (χ0) is 13.0. The molecule has 2 nitrogen and oxygen atoms in total. The fourth-order valence-electron chi connectivity index (χ4n) is 2.25. The number of rotatable bonds is 7. The predicted octanol–water partition coefficient (Wildman–Crippen LogP) is 3.60. The van der Waals surface area contributed by atoms with Crippen molar-refractivity contribution >= 4 is 15.9 Å². The van der Waals surface area contributed by atoms with Gasteiger partial charge in [-0.3, -0.25) is 0 Å². The van der Waals surface area contributed by atoms with E-state index in [1.54, 1.807) is 0 Å². The van der Waals surface area contributed by atoms with E-state index in [0.717, 1.165) is 35.5 Å². The van der Waals surface area contributed by atoms with Crippen molar-refractivity contribution in [1.82, 2.24) is 4.90 Å². The minimum Gasteiger partial charge on any atom is -0.388 e. The average Bonchev–Trinajstić information content (AvgIpc) is 3.18. The maximum Gasteiger partial charge on any atom is 0.0813 e. The summed E-state index contributed by atoms with van der Waals surface area (Å²) in [7, 11) is 0. The van der Waals surface area contributed by atoms with Crippen LogP contribution in [-0.4, -0.2) is 29.6 Å². The molecular formula is C15H22BrNO. The molecule has 0 bridgehead atoms. The molecule has 0 radical (unpaired) electrons. The van der Waals surface area contributed by atoms with E-state index in [0.29, 0.717) is 0 Å². The lowest BCUT2D eigenvalue weighted by Crippen LogP contribution is -2.28. The van der Waals surface area contributed by atoms with E-state index in [-0.39, 0.29) is 6.10 Å². The van der Waals surface area contributed by atoms with Crippen molar-refractivity contribution in [2.45, 2.75) is 32.3 Å². The van der Waals surface area contributed by atoms with Crippen LogP contribution in [0.2, 0.25) is 0 Å². The van der Waals surface area contributed by atoms with Crippen LogP contribution >= 0.6 is 15.9 Å². The molecule has 0 aliphatic heterocycles. The fraction of sp³-hybridized carbons (Fsp3) is 0.600. The molecule has 1 aromatic rings. The van der Waals surface area contributed by atoms with Gasteiger partial charge in [0.05, 0.1) is 6.10 Å². The number of nitrogens with zero attached hydrogens (tertiary/aromatic N) is 1. The fourth-order valence-corrected chi connectivity index (χ4v) is 2.80. The molecule has 1 aliphatic carbocycles. The van der Waals surface area contributed by atoms with Crippen molar-refractivity contribution in [3.63, 3.8) is 0 Å². The van der Waals surface area contributed by atoms with Gasteiger partial charge in [-0.05, 0) is 43.4 Å². The van der Waals surface area contributed by atoms with Gasteiger partial charge < -0.3 is 10.0 Å². The summed E-state index contributed by atoms with van der Waals surface area (Å²) in [5.74, 6) is 0.922. The van der Waals surface area contributed by atoms with E-state index in [1.807, 2.05) is 24.3 Å². The molecule has 0 amide bonds. The summed E-state index contributed by atoms with van der Waals surface area (Å²) in [6.45, 7) is 5.47. The smallest absolute Gasteiger partial charge is 0.0813 e. The molecule has 0 spiro atoms. The van der Waals surface area contributed by atoms with Gasteiger partial charge in [0.15, 0.2) is 0 Å². The van der Waals surface area contributed by atoms with Crippen molar-refractivity contribution in [2.75, 3.05) is 19.6 Å². The molecule has 1 N–H and O–H groups in total. The number of hydrogen-bond acceptors (Lipinski definition) is 2. The Kier molecular flexibility index (Phi) is 5.22. The van der Waals surface area contributed by atoms with Crippen molar-refractivity contribution in [1.29, 1.82) is 0 Å². The topological polar surface area (TPSA) is 23.5 Å². The maximum absolute atomic E-state index is 10.2. The Morgan fingerprint density at radius 3 is 2.72 bits per heavy atom. The highest BCUT2D eigenvalue weighted by Gasteiger charge is 2.24. The lowest BCUT2D eigenvalue weighted by atomic mass is 10.1. The molecule has 18 heavy (non-hydrogen) atoms. The Balaban J connectivity index is 1.82. The van der Waals surface area contributed by atoms with Gasteiger partial charge in [-0.15, -0.1) is 0 Å². The van der Waals surface area contributed by atoms with Crippen LogP contribution in [0.4, 0.5) is 0 Å². The first kappa shape index (κ1) is 14.0. The SMILES string of the molecule is CCN(CCC(O)c1ccccc1Br)CC1CC1. The van der Waals surface area contributed by atoms with Gasteiger partial charge in [-0.25, -0.2) is 0 Å². The monoisotopic (exact) mass is 311 g/mol. The first-order chi connectivity index (χ1) is 8.70. The number of hydrogen-bond donors (Lipinski definition) is 1. The van der Waals surface area contributed by atoms with E-state index in [1.165, 1.54) is 19.4 Å². The molecule has 3 heteroatoms. The van der Waals surface area contributed by atoms with Crippen LogP contribution in [0, 0.1) is 5.92 Å². The summed E-state index contributed by atoms with van der Waals surface area (Å²) in [4.78, 5) is 2.46. The van der Waals surface area contributed by atoms with Crippen molar-refractivity contribution in [3.8, 4) is 0 Å². The summed E-state index contributed by atoms with van der Waals surface area (Å²) >= 11 is 3.50. The van der Waals surface area contributed by atoms with Gasteiger partial charge in [0.2, 0.25) is 0 Å². The van der Waals surface area contributed by atoms with Gasteiger partial charge in [-0.1, -0.05) is 41.1 Å². The van der Waals surface area contributed by atoms with Crippen molar-refractivity contribution in [2.24, 2.45) is 5.92 Å². The number of benzene rings is 1. The van der Waals surface area contributed by atoms with Crippen LogP contribution in [0.15, 0.2) is 28.7 Å². The van der Waals surface area contributed by atoms with Crippen LogP contribution in [0.5, 0.6) is 0 Å². The zero-order valence-electron chi connectivity index (χ0n) is 11.0. The first-order valence-corrected chi connectivity index (χ1v) is 7.64. The Labute approximate surface area is 118 Å². The number of aliphatic hydroxyl groups is 1. The van der Waals surface area contributed by atoms with Crippen LogP contribution in [0.3, 0.4) is 0 Å². The summed E-state index contributed by atoms with van der Waals surface area (Å²) in [5, 5.41) is 10.2. The predicted molar refractivity (Wildman–Crippen MR) is 78.6 cm³/mol. The Morgan fingerprint density at radius 2 is 2.11 bits per heavy atom. The molecule has 0 saturated heterocycles.